The van der Waals surface area contributed by atoms with Gasteiger partial charge in [0.25, 0.3) is 0 Å². The molecule has 2 aromatic carbocycles. The molecule has 2 rings (SSSR count). The Morgan fingerprint density at radius 1 is 1.14 bits per heavy atom. The van der Waals surface area contributed by atoms with Crippen LogP contribution >= 0.6 is 27.5 Å². The van der Waals surface area contributed by atoms with Crippen LogP contribution in [0, 0.1) is 13.8 Å². The van der Waals surface area contributed by atoms with Gasteiger partial charge in [-0.05, 0) is 55.3 Å². The van der Waals surface area contributed by atoms with Gasteiger partial charge in [0.05, 0.1) is 6.54 Å². The summed E-state index contributed by atoms with van der Waals surface area (Å²) in [4.78, 5) is 11.9. The van der Waals surface area contributed by atoms with Crippen molar-refractivity contribution in [2.75, 3.05) is 17.2 Å². The highest BCUT2D eigenvalue weighted by atomic mass is 79.9. The minimum Gasteiger partial charge on any atom is -0.376 e. The number of hydrogen-bond donors (Lipinski definition) is 2. The third-order valence-corrected chi connectivity index (χ3v) is 4.48. The molecule has 0 unspecified atom stereocenters. The van der Waals surface area contributed by atoms with Crippen molar-refractivity contribution in [1.29, 1.82) is 0 Å². The SMILES string of the molecule is Cc1cc(NCC(=O)Nc2cccc(Cl)c2)cc(C)c1Br. The first-order valence-electron chi connectivity index (χ1n) is 6.52. The molecule has 0 fully saturated rings. The normalized spacial score (nSPS) is 10.3. The summed E-state index contributed by atoms with van der Waals surface area (Å²) in [6.07, 6.45) is 0. The topological polar surface area (TPSA) is 41.1 Å². The Labute approximate surface area is 137 Å². The number of carbonyl (C=O) groups excluding carboxylic acids is 1. The highest BCUT2D eigenvalue weighted by Gasteiger charge is 2.05. The molecule has 0 radical (unpaired) electrons. The number of hydrogen-bond acceptors (Lipinski definition) is 2. The van der Waals surface area contributed by atoms with Crippen LogP contribution in [0.1, 0.15) is 11.1 Å². The molecule has 21 heavy (non-hydrogen) atoms. The second kappa shape index (κ2) is 6.96. The molecule has 2 N–H and O–H groups in total. The van der Waals surface area contributed by atoms with Crippen molar-refractivity contribution in [3.63, 3.8) is 0 Å². The molecular formula is C16H16BrClN2O. The van der Waals surface area contributed by atoms with Gasteiger partial charge >= 0.3 is 0 Å². The third-order valence-electron chi connectivity index (χ3n) is 3.00. The molecule has 0 heterocycles. The fourth-order valence-electron chi connectivity index (χ4n) is 2.00. The van der Waals surface area contributed by atoms with E-state index in [1.165, 1.54) is 0 Å². The van der Waals surface area contributed by atoms with E-state index in [-0.39, 0.29) is 12.5 Å². The van der Waals surface area contributed by atoms with Crippen LogP contribution in [0.15, 0.2) is 40.9 Å². The van der Waals surface area contributed by atoms with Gasteiger partial charge in [-0.2, -0.15) is 0 Å². The van der Waals surface area contributed by atoms with Crippen LogP contribution in [0.3, 0.4) is 0 Å². The van der Waals surface area contributed by atoms with E-state index in [1.54, 1.807) is 24.3 Å². The fourth-order valence-corrected chi connectivity index (χ4v) is 2.42. The van der Waals surface area contributed by atoms with Crippen molar-refractivity contribution in [2.24, 2.45) is 0 Å². The van der Waals surface area contributed by atoms with Gasteiger partial charge in [-0.3, -0.25) is 4.79 Å². The van der Waals surface area contributed by atoms with E-state index in [0.29, 0.717) is 10.7 Å². The summed E-state index contributed by atoms with van der Waals surface area (Å²) >= 11 is 9.40. The van der Waals surface area contributed by atoms with Crippen LogP contribution in [0.5, 0.6) is 0 Å². The Bertz CT molecular complexity index is 650. The first-order chi connectivity index (χ1) is 9.95. The van der Waals surface area contributed by atoms with Gasteiger partial charge in [-0.25, -0.2) is 0 Å². The van der Waals surface area contributed by atoms with E-state index in [1.807, 2.05) is 26.0 Å². The molecule has 0 atom stereocenters. The number of halogens is 2. The van der Waals surface area contributed by atoms with Gasteiger partial charge in [0, 0.05) is 20.9 Å². The molecule has 0 spiro atoms. The summed E-state index contributed by atoms with van der Waals surface area (Å²) in [7, 11) is 0. The molecule has 0 bridgehead atoms. The standard InChI is InChI=1S/C16H16BrClN2O/c1-10-6-14(7-11(2)16(10)17)19-9-15(21)20-13-5-3-4-12(18)8-13/h3-8,19H,9H2,1-2H3,(H,20,21). The summed E-state index contributed by atoms with van der Waals surface area (Å²) in [5, 5.41) is 6.52. The van der Waals surface area contributed by atoms with Crippen LogP contribution < -0.4 is 10.6 Å². The second-order valence-electron chi connectivity index (χ2n) is 4.84. The number of amides is 1. The van der Waals surface area contributed by atoms with E-state index < -0.39 is 0 Å². The van der Waals surface area contributed by atoms with Crippen LogP contribution in [0.4, 0.5) is 11.4 Å². The third kappa shape index (κ3) is 4.48. The molecule has 0 aromatic heterocycles. The number of carbonyl (C=O) groups is 1. The number of aryl methyl sites for hydroxylation is 2. The summed E-state index contributed by atoms with van der Waals surface area (Å²) in [5.41, 5.74) is 3.88. The molecule has 3 nitrogen and oxygen atoms in total. The van der Waals surface area contributed by atoms with Gasteiger partial charge in [-0.1, -0.05) is 33.6 Å². The van der Waals surface area contributed by atoms with E-state index in [2.05, 4.69) is 26.6 Å². The lowest BCUT2D eigenvalue weighted by atomic mass is 10.1. The number of rotatable bonds is 4. The first kappa shape index (κ1) is 15.9. The van der Waals surface area contributed by atoms with Crippen molar-refractivity contribution >= 4 is 44.8 Å². The summed E-state index contributed by atoms with van der Waals surface area (Å²) in [6.45, 7) is 4.25. The molecule has 1 amide bonds. The Morgan fingerprint density at radius 2 is 1.81 bits per heavy atom. The molecule has 0 aliphatic carbocycles. The van der Waals surface area contributed by atoms with Crippen molar-refractivity contribution in [2.45, 2.75) is 13.8 Å². The molecule has 110 valence electrons. The molecule has 2 aromatic rings. The summed E-state index contributed by atoms with van der Waals surface area (Å²) in [6, 6.07) is 11.1. The average Bonchev–Trinajstić information content (AvgIpc) is 2.42. The zero-order chi connectivity index (χ0) is 15.4. The minimum absolute atomic E-state index is 0.115. The van der Waals surface area contributed by atoms with Crippen molar-refractivity contribution in [3.05, 3.63) is 57.0 Å². The monoisotopic (exact) mass is 366 g/mol. The molecule has 0 saturated heterocycles. The predicted molar refractivity (Wildman–Crippen MR) is 92.2 cm³/mol. The Balaban J connectivity index is 1.95. The highest BCUT2D eigenvalue weighted by Crippen LogP contribution is 2.24. The minimum atomic E-state index is -0.115. The zero-order valence-corrected chi connectivity index (χ0v) is 14.2. The lowest BCUT2D eigenvalue weighted by molar-refractivity contribution is -0.114. The number of benzene rings is 2. The summed E-state index contributed by atoms with van der Waals surface area (Å²) < 4.78 is 1.09. The maximum Gasteiger partial charge on any atom is 0.243 e. The van der Waals surface area contributed by atoms with Gasteiger partial charge in [0.15, 0.2) is 0 Å². The molecular weight excluding hydrogens is 352 g/mol. The molecule has 0 aliphatic rings. The van der Waals surface area contributed by atoms with Crippen LogP contribution in [0.25, 0.3) is 0 Å². The zero-order valence-electron chi connectivity index (χ0n) is 11.8. The quantitative estimate of drug-likeness (QED) is 0.817. The van der Waals surface area contributed by atoms with Gasteiger partial charge in [0.2, 0.25) is 5.91 Å². The maximum atomic E-state index is 11.9. The van der Waals surface area contributed by atoms with Gasteiger partial charge < -0.3 is 10.6 Å². The molecule has 0 saturated carbocycles. The molecule has 5 heteroatoms. The average molecular weight is 368 g/mol. The number of anilines is 2. The van der Waals surface area contributed by atoms with Gasteiger partial charge in [-0.15, -0.1) is 0 Å². The lowest BCUT2D eigenvalue weighted by Crippen LogP contribution is -2.21. The Hall–Kier alpha value is -1.52. The van der Waals surface area contributed by atoms with E-state index in [4.69, 9.17) is 11.6 Å². The second-order valence-corrected chi connectivity index (χ2v) is 6.07. The summed E-state index contributed by atoms with van der Waals surface area (Å²) in [5.74, 6) is -0.115. The Kier molecular flexibility index (Phi) is 5.26. The fraction of sp³-hybridized carbons (Fsp3) is 0.188. The van der Waals surface area contributed by atoms with Gasteiger partial charge in [0.1, 0.15) is 0 Å². The van der Waals surface area contributed by atoms with Crippen molar-refractivity contribution in [1.82, 2.24) is 0 Å². The smallest absolute Gasteiger partial charge is 0.243 e. The molecule has 0 aliphatic heterocycles. The van der Waals surface area contributed by atoms with Crippen LogP contribution in [-0.2, 0) is 4.79 Å². The van der Waals surface area contributed by atoms with E-state index in [0.717, 1.165) is 21.3 Å². The largest absolute Gasteiger partial charge is 0.376 e. The van der Waals surface area contributed by atoms with Crippen LogP contribution in [-0.4, -0.2) is 12.5 Å². The van der Waals surface area contributed by atoms with E-state index in [9.17, 15) is 4.79 Å². The lowest BCUT2D eigenvalue weighted by Gasteiger charge is -2.11. The van der Waals surface area contributed by atoms with E-state index >= 15 is 0 Å². The maximum absolute atomic E-state index is 11.9. The van der Waals surface area contributed by atoms with Crippen LogP contribution in [0.2, 0.25) is 5.02 Å². The highest BCUT2D eigenvalue weighted by molar-refractivity contribution is 9.10. The van der Waals surface area contributed by atoms with Crippen molar-refractivity contribution in [3.8, 4) is 0 Å². The number of nitrogens with one attached hydrogen (secondary N) is 2. The predicted octanol–water partition coefficient (Wildman–Crippen LogP) is 4.77. The van der Waals surface area contributed by atoms with Crippen molar-refractivity contribution < 1.29 is 4.79 Å². The Morgan fingerprint density at radius 3 is 2.43 bits per heavy atom. The first-order valence-corrected chi connectivity index (χ1v) is 7.69.